The molecule has 3 nitrogen and oxygen atoms in total. The summed E-state index contributed by atoms with van der Waals surface area (Å²) in [6, 6.07) is 1.37. The van der Waals surface area contributed by atoms with Gasteiger partial charge >= 0.3 is 5.97 Å². The maximum absolute atomic E-state index is 12.6. The van der Waals surface area contributed by atoms with Gasteiger partial charge in [0.25, 0.3) is 0 Å². The number of benzene rings is 2. The van der Waals surface area contributed by atoms with Gasteiger partial charge in [-0.15, -0.1) is 0 Å². The van der Waals surface area contributed by atoms with E-state index in [4.69, 9.17) is 121 Å². The van der Waals surface area contributed by atoms with E-state index in [9.17, 15) is 4.79 Å². The molecule has 168 valence electrons. The Labute approximate surface area is 232 Å². The van der Waals surface area contributed by atoms with Crippen LogP contribution in [0.2, 0.25) is 50.2 Å². The summed E-state index contributed by atoms with van der Waals surface area (Å²) in [4.78, 5) is 17.0. The van der Waals surface area contributed by atoms with E-state index >= 15 is 0 Å². The minimum atomic E-state index is -0.753. The lowest BCUT2D eigenvalue weighted by molar-refractivity contribution is 0.0601. The van der Waals surface area contributed by atoms with E-state index in [0.717, 1.165) is 0 Å². The summed E-state index contributed by atoms with van der Waals surface area (Å²) in [7, 11) is 1.19. The van der Waals surface area contributed by atoms with Crippen molar-refractivity contribution in [2.24, 2.45) is 0 Å². The standard InChI is InChI=1S/C19H5Cl10NO2/c1-32-19(31)4-2-3-30-18(7-10(22)14(26)17(29)15(27)11(7)23)5(4)6-8(20)12(24)16(28)13(25)9(6)21/h2-3H,1H3. The van der Waals surface area contributed by atoms with Crippen LogP contribution in [-0.2, 0) is 4.74 Å². The molecule has 0 atom stereocenters. The summed E-state index contributed by atoms with van der Waals surface area (Å²) in [5.41, 5.74) is 0.160. The molecule has 0 saturated carbocycles. The summed E-state index contributed by atoms with van der Waals surface area (Å²) in [6.07, 6.45) is 1.31. The Morgan fingerprint density at radius 2 is 1.00 bits per heavy atom. The zero-order valence-electron chi connectivity index (χ0n) is 15.2. The highest BCUT2D eigenvalue weighted by Crippen LogP contribution is 2.54. The lowest BCUT2D eigenvalue weighted by Gasteiger charge is -2.20. The van der Waals surface area contributed by atoms with Crippen molar-refractivity contribution in [1.82, 2.24) is 4.98 Å². The van der Waals surface area contributed by atoms with Crippen LogP contribution in [0, 0.1) is 0 Å². The van der Waals surface area contributed by atoms with E-state index in [1.807, 2.05) is 0 Å². The van der Waals surface area contributed by atoms with Gasteiger partial charge < -0.3 is 4.74 Å². The fraction of sp³-hybridized carbons (Fsp3) is 0.0526. The summed E-state index contributed by atoms with van der Waals surface area (Å²) in [5.74, 6) is -0.753. The van der Waals surface area contributed by atoms with Gasteiger partial charge in [0.2, 0.25) is 0 Å². The number of hydrogen-bond acceptors (Lipinski definition) is 3. The fourth-order valence-electron chi connectivity index (χ4n) is 2.82. The Bertz CT molecular complexity index is 1230. The van der Waals surface area contributed by atoms with Crippen molar-refractivity contribution in [1.29, 1.82) is 0 Å². The van der Waals surface area contributed by atoms with Gasteiger partial charge in [-0.3, -0.25) is 4.98 Å². The average Bonchev–Trinajstić information content (AvgIpc) is 2.79. The van der Waals surface area contributed by atoms with Gasteiger partial charge in [0, 0.05) is 22.9 Å². The van der Waals surface area contributed by atoms with E-state index < -0.39 is 5.97 Å². The number of hydrogen-bond donors (Lipinski definition) is 0. The molecule has 0 bridgehead atoms. The van der Waals surface area contributed by atoms with E-state index in [1.54, 1.807) is 0 Å². The van der Waals surface area contributed by atoms with E-state index in [0.29, 0.717) is 0 Å². The third-order valence-corrected chi connectivity index (χ3v) is 8.82. The molecule has 0 saturated heterocycles. The lowest BCUT2D eigenvalue weighted by atomic mass is 9.94. The second-order valence-electron chi connectivity index (χ2n) is 5.96. The molecule has 0 amide bonds. The molecule has 1 aromatic heterocycles. The van der Waals surface area contributed by atoms with Crippen LogP contribution in [0.15, 0.2) is 12.3 Å². The number of methoxy groups -OCH3 is 1. The predicted octanol–water partition coefficient (Wildman–Crippen LogP) is 10.7. The third-order valence-electron chi connectivity index (χ3n) is 4.26. The lowest BCUT2D eigenvalue weighted by Crippen LogP contribution is -2.07. The van der Waals surface area contributed by atoms with Gasteiger partial charge in [-0.25, -0.2) is 4.79 Å². The van der Waals surface area contributed by atoms with Crippen LogP contribution in [0.1, 0.15) is 10.4 Å². The second-order valence-corrected chi connectivity index (χ2v) is 9.74. The third kappa shape index (κ3) is 4.35. The zero-order chi connectivity index (χ0) is 24.1. The summed E-state index contributed by atoms with van der Waals surface area (Å²) < 4.78 is 4.90. The molecule has 2 aromatic carbocycles. The van der Waals surface area contributed by atoms with Gasteiger partial charge in [0.1, 0.15) is 0 Å². The largest absolute Gasteiger partial charge is 0.465 e. The summed E-state index contributed by atoms with van der Waals surface area (Å²) in [6.45, 7) is 0. The SMILES string of the molecule is COC(=O)c1ccnc(-c2c(Cl)c(Cl)c(Cl)c(Cl)c2Cl)c1-c1c(Cl)c(Cl)c(Cl)c(Cl)c1Cl. The van der Waals surface area contributed by atoms with E-state index in [1.165, 1.54) is 19.4 Å². The van der Waals surface area contributed by atoms with Crippen molar-refractivity contribution < 1.29 is 9.53 Å². The van der Waals surface area contributed by atoms with E-state index in [-0.39, 0.29) is 78.2 Å². The van der Waals surface area contributed by atoms with Gasteiger partial charge in [0.05, 0.1) is 68.6 Å². The maximum Gasteiger partial charge on any atom is 0.338 e. The number of esters is 1. The second kappa shape index (κ2) is 10.3. The molecule has 13 heteroatoms. The molecular formula is C19H5Cl10NO2. The van der Waals surface area contributed by atoms with Crippen molar-refractivity contribution in [3.63, 3.8) is 0 Å². The van der Waals surface area contributed by atoms with Gasteiger partial charge in [-0.05, 0) is 6.07 Å². The molecule has 0 aliphatic heterocycles. The van der Waals surface area contributed by atoms with Crippen LogP contribution in [-0.4, -0.2) is 18.1 Å². The Balaban J connectivity index is 2.61. The quantitative estimate of drug-likeness (QED) is 0.164. The summed E-state index contributed by atoms with van der Waals surface area (Å²) in [5, 5.41) is -0.900. The first-order valence-corrected chi connectivity index (χ1v) is 11.8. The van der Waals surface area contributed by atoms with Crippen LogP contribution in [0.4, 0.5) is 0 Å². The molecule has 3 rings (SSSR count). The molecule has 0 unspecified atom stereocenters. The highest BCUT2D eigenvalue weighted by Gasteiger charge is 2.30. The molecule has 1 heterocycles. The van der Waals surface area contributed by atoms with Crippen LogP contribution in [0.25, 0.3) is 22.4 Å². The maximum atomic E-state index is 12.6. The van der Waals surface area contributed by atoms with Crippen molar-refractivity contribution >= 4 is 122 Å². The first kappa shape index (κ1) is 26.6. The average molecular weight is 634 g/mol. The van der Waals surface area contributed by atoms with Crippen molar-refractivity contribution in [3.05, 3.63) is 68.1 Å². The predicted molar refractivity (Wildman–Crippen MR) is 137 cm³/mol. The van der Waals surface area contributed by atoms with Gasteiger partial charge in [-0.2, -0.15) is 0 Å². The van der Waals surface area contributed by atoms with Gasteiger partial charge in [-0.1, -0.05) is 116 Å². The number of carbonyl (C=O) groups excluding carboxylic acids is 1. The van der Waals surface area contributed by atoms with Gasteiger partial charge in [0.15, 0.2) is 0 Å². The normalized spacial score (nSPS) is 11.1. The molecule has 0 aliphatic rings. The minimum absolute atomic E-state index is 0.00918. The molecular weight excluding hydrogens is 629 g/mol. The van der Waals surface area contributed by atoms with E-state index in [2.05, 4.69) is 4.98 Å². The first-order chi connectivity index (χ1) is 14.9. The summed E-state index contributed by atoms with van der Waals surface area (Å²) >= 11 is 63.0. The number of aromatic nitrogens is 1. The smallest absolute Gasteiger partial charge is 0.338 e. The Kier molecular flexibility index (Phi) is 8.54. The number of pyridine rings is 1. The number of halogens is 10. The molecule has 0 aliphatic carbocycles. The number of ether oxygens (including phenoxy) is 1. The molecule has 0 radical (unpaired) electrons. The molecule has 0 spiro atoms. The van der Waals surface area contributed by atoms with Crippen LogP contribution < -0.4 is 0 Å². The Morgan fingerprint density at radius 1 is 0.625 bits per heavy atom. The first-order valence-electron chi connectivity index (χ1n) is 8.06. The highest BCUT2D eigenvalue weighted by molar-refractivity contribution is 6.58. The number of nitrogens with zero attached hydrogens (tertiary/aromatic N) is 1. The van der Waals surface area contributed by atoms with Crippen LogP contribution in [0.3, 0.4) is 0 Å². The zero-order valence-corrected chi connectivity index (χ0v) is 22.8. The monoisotopic (exact) mass is 629 g/mol. The van der Waals surface area contributed by atoms with Crippen molar-refractivity contribution in [2.75, 3.05) is 7.11 Å². The minimum Gasteiger partial charge on any atom is -0.465 e. The number of rotatable bonds is 3. The molecule has 0 fully saturated rings. The Morgan fingerprint density at radius 3 is 1.41 bits per heavy atom. The fourth-order valence-corrected chi connectivity index (χ4v) is 5.47. The molecule has 3 aromatic rings. The topological polar surface area (TPSA) is 39.2 Å². The molecule has 32 heavy (non-hydrogen) atoms. The van der Waals surface area contributed by atoms with Crippen molar-refractivity contribution in [3.8, 4) is 22.4 Å². The van der Waals surface area contributed by atoms with Crippen LogP contribution in [0.5, 0.6) is 0 Å². The molecule has 0 N–H and O–H groups in total. The highest BCUT2D eigenvalue weighted by atomic mass is 35.5. The Hall–Kier alpha value is -0.0400. The van der Waals surface area contributed by atoms with Crippen LogP contribution >= 0.6 is 116 Å². The van der Waals surface area contributed by atoms with Crippen molar-refractivity contribution in [2.45, 2.75) is 0 Å². The number of carbonyl (C=O) groups is 1.